The van der Waals surface area contributed by atoms with E-state index in [1.165, 1.54) is 0 Å². The van der Waals surface area contributed by atoms with Gasteiger partial charge in [0, 0.05) is 30.5 Å². The number of carbonyl (C=O) groups excluding carboxylic acids is 1. The molecule has 0 amide bonds. The molecule has 0 heterocycles. The van der Waals surface area contributed by atoms with Crippen LogP contribution in [0.5, 0.6) is 0 Å². The van der Waals surface area contributed by atoms with Gasteiger partial charge in [-0.05, 0) is 40.5 Å². The van der Waals surface area contributed by atoms with E-state index in [1.807, 2.05) is 13.8 Å². The first-order valence-electron chi connectivity index (χ1n) is 7.89. The standard InChI is InChI=1S/C17H35NO2/c1-13(2)15(19)9-10-17(7,8)20-12-11-16(5,6)18-14(3)4/h13-14,18H,9-12H2,1-8H3. The van der Waals surface area contributed by atoms with Gasteiger partial charge in [0.1, 0.15) is 5.78 Å². The highest BCUT2D eigenvalue weighted by atomic mass is 16.5. The number of hydrogen-bond donors (Lipinski definition) is 1. The molecule has 0 aromatic heterocycles. The maximum atomic E-state index is 11.7. The molecule has 0 fully saturated rings. The van der Waals surface area contributed by atoms with Crippen molar-refractivity contribution in [2.24, 2.45) is 5.92 Å². The molecule has 0 aromatic rings. The van der Waals surface area contributed by atoms with Crippen LogP contribution in [0.2, 0.25) is 0 Å². The zero-order valence-electron chi connectivity index (χ0n) is 14.8. The molecule has 20 heavy (non-hydrogen) atoms. The summed E-state index contributed by atoms with van der Waals surface area (Å²) < 4.78 is 5.98. The van der Waals surface area contributed by atoms with Crippen LogP contribution < -0.4 is 5.32 Å². The van der Waals surface area contributed by atoms with Crippen LogP contribution in [0.25, 0.3) is 0 Å². The summed E-state index contributed by atoms with van der Waals surface area (Å²) in [6.45, 7) is 17.5. The fourth-order valence-electron chi connectivity index (χ4n) is 2.22. The molecule has 0 aliphatic carbocycles. The van der Waals surface area contributed by atoms with Crippen molar-refractivity contribution in [2.75, 3.05) is 6.61 Å². The van der Waals surface area contributed by atoms with Gasteiger partial charge in [-0.1, -0.05) is 27.7 Å². The van der Waals surface area contributed by atoms with E-state index in [9.17, 15) is 4.79 Å². The van der Waals surface area contributed by atoms with Crippen molar-refractivity contribution in [3.8, 4) is 0 Å². The van der Waals surface area contributed by atoms with Crippen molar-refractivity contribution >= 4 is 5.78 Å². The number of ether oxygens (including phenoxy) is 1. The fraction of sp³-hybridized carbons (Fsp3) is 0.941. The Morgan fingerprint density at radius 1 is 1.05 bits per heavy atom. The first-order valence-corrected chi connectivity index (χ1v) is 7.89. The first kappa shape index (κ1) is 19.6. The van der Waals surface area contributed by atoms with Gasteiger partial charge < -0.3 is 10.1 Å². The summed E-state index contributed by atoms with van der Waals surface area (Å²) in [5.74, 6) is 0.448. The second-order valence-electron chi connectivity index (χ2n) is 7.66. The summed E-state index contributed by atoms with van der Waals surface area (Å²) in [7, 11) is 0. The second kappa shape index (κ2) is 8.14. The van der Waals surface area contributed by atoms with Gasteiger partial charge in [0.2, 0.25) is 0 Å². The molecule has 0 rings (SSSR count). The van der Waals surface area contributed by atoms with Crippen molar-refractivity contribution < 1.29 is 9.53 Å². The highest BCUT2D eigenvalue weighted by Gasteiger charge is 2.23. The smallest absolute Gasteiger partial charge is 0.135 e. The Labute approximate surface area is 125 Å². The van der Waals surface area contributed by atoms with Gasteiger partial charge >= 0.3 is 0 Å². The van der Waals surface area contributed by atoms with Crippen LogP contribution in [0, 0.1) is 5.92 Å². The predicted molar refractivity (Wildman–Crippen MR) is 86.1 cm³/mol. The lowest BCUT2D eigenvalue weighted by atomic mass is 9.96. The summed E-state index contributed by atoms with van der Waals surface area (Å²) in [5, 5.41) is 3.54. The second-order valence-corrected chi connectivity index (χ2v) is 7.66. The minimum Gasteiger partial charge on any atom is -0.375 e. The van der Waals surface area contributed by atoms with Gasteiger partial charge in [0.05, 0.1) is 5.60 Å². The van der Waals surface area contributed by atoms with E-state index in [1.54, 1.807) is 0 Å². The quantitative estimate of drug-likeness (QED) is 0.660. The Kier molecular flexibility index (Phi) is 7.97. The molecule has 0 saturated heterocycles. The Hall–Kier alpha value is -0.410. The maximum absolute atomic E-state index is 11.7. The molecular weight excluding hydrogens is 250 g/mol. The van der Waals surface area contributed by atoms with Gasteiger partial charge in [-0.2, -0.15) is 0 Å². The number of Topliss-reactive ketones (excluding diaryl/α,β-unsaturated/α-hetero) is 1. The Balaban J connectivity index is 4.07. The molecular formula is C17H35NO2. The van der Waals surface area contributed by atoms with Crippen LogP contribution in [0.3, 0.4) is 0 Å². The van der Waals surface area contributed by atoms with Gasteiger partial charge in [0.15, 0.2) is 0 Å². The van der Waals surface area contributed by atoms with E-state index >= 15 is 0 Å². The molecule has 1 N–H and O–H groups in total. The molecule has 0 aromatic carbocycles. The third kappa shape index (κ3) is 9.49. The summed E-state index contributed by atoms with van der Waals surface area (Å²) in [4.78, 5) is 11.7. The zero-order valence-corrected chi connectivity index (χ0v) is 14.8. The summed E-state index contributed by atoms with van der Waals surface area (Å²) in [6.07, 6.45) is 2.37. The predicted octanol–water partition coefficient (Wildman–Crippen LogP) is 3.95. The van der Waals surface area contributed by atoms with Crippen LogP contribution >= 0.6 is 0 Å². The van der Waals surface area contributed by atoms with Crippen LogP contribution in [0.1, 0.15) is 74.7 Å². The lowest BCUT2D eigenvalue weighted by Crippen LogP contribution is -2.44. The van der Waals surface area contributed by atoms with Gasteiger partial charge in [0.25, 0.3) is 0 Å². The average Bonchev–Trinajstić information content (AvgIpc) is 2.23. The number of carbonyl (C=O) groups is 1. The number of rotatable bonds is 10. The molecule has 0 unspecified atom stereocenters. The Morgan fingerprint density at radius 3 is 2.05 bits per heavy atom. The minimum atomic E-state index is -0.224. The van der Waals surface area contributed by atoms with Gasteiger partial charge in [-0.3, -0.25) is 4.79 Å². The monoisotopic (exact) mass is 285 g/mol. The van der Waals surface area contributed by atoms with E-state index in [0.717, 1.165) is 19.4 Å². The summed E-state index contributed by atoms with van der Waals surface area (Å²) in [5.41, 5.74) is -0.142. The lowest BCUT2D eigenvalue weighted by Gasteiger charge is -2.31. The third-order valence-electron chi connectivity index (χ3n) is 3.52. The molecule has 3 heteroatoms. The van der Waals surface area contributed by atoms with Crippen molar-refractivity contribution in [3.63, 3.8) is 0 Å². The number of ketones is 1. The van der Waals surface area contributed by atoms with E-state index in [2.05, 4.69) is 46.9 Å². The van der Waals surface area contributed by atoms with Crippen molar-refractivity contribution in [3.05, 3.63) is 0 Å². The van der Waals surface area contributed by atoms with E-state index < -0.39 is 0 Å². The molecule has 0 radical (unpaired) electrons. The molecule has 0 saturated carbocycles. The van der Waals surface area contributed by atoms with Crippen molar-refractivity contribution in [1.29, 1.82) is 0 Å². The summed E-state index contributed by atoms with van der Waals surface area (Å²) in [6, 6.07) is 0.474. The van der Waals surface area contributed by atoms with Crippen LogP contribution in [0.15, 0.2) is 0 Å². The lowest BCUT2D eigenvalue weighted by molar-refractivity contribution is -0.123. The van der Waals surface area contributed by atoms with Crippen LogP contribution in [-0.2, 0) is 9.53 Å². The number of nitrogens with one attached hydrogen (secondary N) is 1. The van der Waals surface area contributed by atoms with E-state index in [0.29, 0.717) is 18.2 Å². The van der Waals surface area contributed by atoms with E-state index in [4.69, 9.17) is 4.74 Å². The topological polar surface area (TPSA) is 38.3 Å². The molecule has 0 bridgehead atoms. The normalized spacial score (nSPS) is 13.3. The van der Waals surface area contributed by atoms with E-state index in [-0.39, 0.29) is 17.1 Å². The Bertz CT molecular complexity index is 293. The average molecular weight is 285 g/mol. The minimum absolute atomic E-state index is 0.0813. The Morgan fingerprint density at radius 2 is 1.60 bits per heavy atom. The molecule has 0 aliphatic heterocycles. The van der Waals surface area contributed by atoms with Crippen molar-refractivity contribution in [2.45, 2.75) is 91.8 Å². The molecule has 0 aliphatic rings. The molecule has 0 atom stereocenters. The third-order valence-corrected chi connectivity index (χ3v) is 3.52. The SMILES string of the molecule is CC(C)NC(C)(C)CCOC(C)(C)CCC(=O)C(C)C. The first-order chi connectivity index (χ1) is 8.95. The highest BCUT2D eigenvalue weighted by Crippen LogP contribution is 2.20. The fourth-order valence-corrected chi connectivity index (χ4v) is 2.22. The molecule has 120 valence electrons. The van der Waals surface area contributed by atoms with Crippen LogP contribution in [-0.4, -0.2) is 29.6 Å². The van der Waals surface area contributed by atoms with Crippen LogP contribution in [0.4, 0.5) is 0 Å². The molecule has 3 nitrogen and oxygen atoms in total. The van der Waals surface area contributed by atoms with Gasteiger partial charge in [-0.25, -0.2) is 0 Å². The van der Waals surface area contributed by atoms with Gasteiger partial charge in [-0.15, -0.1) is 0 Å². The largest absolute Gasteiger partial charge is 0.375 e. The van der Waals surface area contributed by atoms with Crippen molar-refractivity contribution in [1.82, 2.24) is 5.32 Å². The zero-order chi connectivity index (χ0) is 16.0. The number of hydrogen-bond acceptors (Lipinski definition) is 3. The molecule has 0 spiro atoms. The highest BCUT2D eigenvalue weighted by molar-refractivity contribution is 5.80. The maximum Gasteiger partial charge on any atom is 0.135 e. The summed E-state index contributed by atoms with van der Waals surface area (Å²) >= 11 is 0.